The molecule has 0 aliphatic rings. The fourth-order valence-corrected chi connectivity index (χ4v) is 2.64. The molecule has 25 heavy (non-hydrogen) atoms. The van der Waals surface area contributed by atoms with Crippen LogP contribution >= 0.6 is 0 Å². The molecule has 2 N–H and O–H groups in total. The summed E-state index contributed by atoms with van der Waals surface area (Å²) in [5, 5.41) is 12.6. The molecule has 0 aliphatic heterocycles. The number of imidazole rings is 1. The summed E-state index contributed by atoms with van der Waals surface area (Å²) >= 11 is 0. The lowest BCUT2D eigenvalue weighted by Crippen LogP contribution is -2.29. The molecular formula is C20H23N3O2. The number of amides is 1. The standard InChI is InChI=1S/C20H23N3O2/c1-14(2)19(24)11-20(25)21-12-15-7-9-16(10-8-15)23-13-22-17-5-3-4-6-18(17)23/h3-10,13-14,19,24H,11-12H2,1-2H3,(H,21,25). The lowest BCUT2D eigenvalue weighted by molar-refractivity contribution is -0.123. The zero-order valence-corrected chi connectivity index (χ0v) is 14.5. The van der Waals surface area contributed by atoms with Gasteiger partial charge in [-0.25, -0.2) is 4.98 Å². The molecule has 0 bridgehead atoms. The van der Waals surface area contributed by atoms with E-state index in [4.69, 9.17) is 0 Å². The van der Waals surface area contributed by atoms with Crippen molar-refractivity contribution < 1.29 is 9.90 Å². The van der Waals surface area contributed by atoms with E-state index in [-0.39, 0.29) is 18.2 Å². The first-order chi connectivity index (χ1) is 12.0. The highest BCUT2D eigenvalue weighted by Gasteiger charge is 2.13. The molecule has 1 aromatic heterocycles. The molecular weight excluding hydrogens is 314 g/mol. The van der Waals surface area contributed by atoms with Gasteiger partial charge in [0.1, 0.15) is 6.33 Å². The summed E-state index contributed by atoms with van der Waals surface area (Å²) in [6.07, 6.45) is 1.35. The van der Waals surface area contributed by atoms with Crippen molar-refractivity contribution in [1.82, 2.24) is 14.9 Å². The molecule has 1 atom stereocenters. The summed E-state index contributed by atoms with van der Waals surface area (Å²) < 4.78 is 2.04. The number of para-hydroxylation sites is 2. The number of rotatable bonds is 6. The van der Waals surface area contributed by atoms with Crippen LogP contribution in [0.1, 0.15) is 25.8 Å². The fourth-order valence-electron chi connectivity index (χ4n) is 2.64. The quantitative estimate of drug-likeness (QED) is 0.726. The molecule has 3 rings (SSSR count). The summed E-state index contributed by atoms with van der Waals surface area (Å²) in [5.41, 5.74) is 4.06. The molecule has 5 nitrogen and oxygen atoms in total. The molecule has 2 aromatic carbocycles. The van der Waals surface area contributed by atoms with E-state index in [2.05, 4.69) is 10.3 Å². The summed E-state index contributed by atoms with van der Waals surface area (Å²) in [4.78, 5) is 16.2. The van der Waals surface area contributed by atoms with Crippen molar-refractivity contribution in [3.8, 4) is 5.69 Å². The molecule has 3 aromatic rings. The molecule has 1 heterocycles. The van der Waals surface area contributed by atoms with Gasteiger partial charge in [-0.2, -0.15) is 0 Å². The van der Waals surface area contributed by atoms with Crippen molar-refractivity contribution in [3.05, 3.63) is 60.4 Å². The predicted octanol–water partition coefficient (Wildman–Crippen LogP) is 3.05. The first kappa shape index (κ1) is 17.2. The van der Waals surface area contributed by atoms with Gasteiger partial charge in [0.2, 0.25) is 5.91 Å². The molecule has 0 radical (unpaired) electrons. The zero-order chi connectivity index (χ0) is 17.8. The topological polar surface area (TPSA) is 67.2 Å². The van der Waals surface area contributed by atoms with Crippen molar-refractivity contribution in [2.45, 2.75) is 32.9 Å². The van der Waals surface area contributed by atoms with Crippen LogP contribution in [0.3, 0.4) is 0 Å². The Balaban J connectivity index is 1.64. The van der Waals surface area contributed by atoms with Gasteiger partial charge in [0, 0.05) is 12.2 Å². The Morgan fingerprint density at radius 3 is 2.60 bits per heavy atom. The average molecular weight is 337 g/mol. The van der Waals surface area contributed by atoms with Crippen molar-refractivity contribution in [3.63, 3.8) is 0 Å². The minimum atomic E-state index is -0.600. The molecule has 0 fully saturated rings. The Labute approximate surface area is 147 Å². The zero-order valence-electron chi connectivity index (χ0n) is 14.5. The van der Waals surface area contributed by atoms with Crippen molar-refractivity contribution in [2.75, 3.05) is 0 Å². The Morgan fingerprint density at radius 2 is 1.88 bits per heavy atom. The lowest BCUT2D eigenvalue weighted by atomic mass is 10.0. The number of carbonyl (C=O) groups excluding carboxylic acids is 1. The van der Waals surface area contributed by atoms with Gasteiger partial charge >= 0.3 is 0 Å². The number of aliphatic hydroxyl groups is 1. The number of aromatic nitrogens is 2. The fraction of sp³-hybridized carbons (Fsp3) is 0.300. The largest absolute Gasteiger partial charge is 0.392 e. The Bertz CT molecular complexity index is 853. The number of carbonyl (C=O) groups is 1. The predicted molar refractivity (Wildman–Crippen MR) is 98.4 cm³/mol. The van der Waals surface area contributed by atoms with Crippen molar-refractivity contribution >= 4 is 16.9 Å². The van der Waals surface area contributed by atoms with E-state index >= 15 is 0 Å². The number of nitrogens with one attached hydrogen (secondary N) is 1. The molecule has 5 heteroatoms. The van der Waals surface area contributed by atoms with Gasteiger partial charge in [-0.1, -0.05) is 38.1 Å². The second kappa shape index (κ2) is 7.49. The maximum atomic E-state index is 11.8. The third-order valence-corrected chi connectivity index (χ3v) is 4.32. The minimum absolute atomic E-state index is 0.0787. The molecule has 130 valence electrons. The summed E-state index contributed by atoms with van der Waals surface area (Å²) in [7, 11) is 0. The molecule has 0 spiro atoms. The van der Waals surface area contributed by atoms with Gasteiger partial charge < -0.3 is 10.4 Å². The first-order valence-electron chi connectivity index (χ1n) is 8.51. The highest BCUT2D eigenvalue weighted by molar-refractivity contribution is 5.77. The maximum absolute atomic E-state index is 11.8. The average Bonchev–Trinajstić information content (AvgIpc) is 3.04. The summed E-state index contributed by atoms with van der Waals surface area (Å²) in [6.45, 7) is 4.25. The Hall–Kier alpha value is -2.66. The number of aliphatic hydroxyl groups excluding tert-OH is 1. The van der Waals surface area contributed by atoms with Crippen LogP contribution in [0.25, 0.3) is 16.7 Å². The highest BCUT2D eigenvalue weighted by atomic mass is 16.3. The smallest absolute Gasteiger partial charge is 0.222 e. The van der Waals surface area contributed by atoms with Gasteiger partial charge in [-0.3, -0.25) is 9.36 Å². The second-order valence-electron chi connectivity index (χ2n) is 6.56. The van der Waals surface area contributed by atoms with Crippen LogP contribution in [-0.4, -0.2) is 26.7 Å². The molecule has 1 unspecified atom stereocenters. The van der Waals surface area contributed by atoms with E-state index in [0.29, 0.717) is 6.54 Å². The van der Waals surface area contributed by atoms with Crippen LogP contribution < -0.4 is 5.32 Å². The second-order valence-corrected chi connectivity index (χ2v) is 6.56. The van der Waals surface area contributed by atoms with E-state index < -0.39 is 6.10 Å². The van der Waals surface area contributed by atoms with E-state index in [1.807, 2.05) is 73.3 Å². The van der Waals surface area contributed by atoms with E-state index in [1.165, 1.54) is 0 Å². The molecule has 1 amide bonds. The molecule has 0 saturated heterocycles. The summed E-state index contributed by atoms with van der Waals surface area (Å²) in [6, 6.07) is 16.0. The highest BCUT2D eigenvalue weighted by Crippen LogP contribution is 2.18. The van der Waals surface area contributed by atoms with Crippen molar-refractivity contribution in [1.29, 1.82) is 0 Å². The van der Waals surface area contributed by atoms with Crippen LogP contribution in [0.15, 0.2) is 54.9 Å². The van der Waals surface area contributed by atoms with Gasteiger partial charge in [-0.15, -0.1) is 0 Å². The monoisotopic (exact) mass is 337 g/mol. The number of hydrogen-bond donors (Lipinski definition) is 2. The van der Waals surface area contributed by atoms with E-state index in [0.717, 1.165) is 22.3 Å². The number of nitrogens with zero attached hydrogens (tertiary/aromatic N) is 2. The minimum Gasteiger partial charge on any atom is -0.392 e. The van der Waals surface area contributed by atoms with E-state index in [1.54, 1.807) is 0 Å². The van der Waals surface area contributed by atoms with Gasteiger partial charge in [0.05, 0.1) is 23.6 Å². The lowest BCUT2D eigenvalue weighted by Gasteiger charge is -2.14. The van der Waals surface area contributed by atoms with Crippen LogP contribution in [0.4, 0.5) is 0 Å². The van der Waals surface area contributed by atoms with Crippen molar-refractivity contribution in [2.24, 2.45) is 5.92 Å². The maximum Gasteiger partial charge on any atom is 0.222 e. The first-order valence-corrected chi connectivity index (χ1v) is 8.51. The normalized spacial score (nSPS) is 12.5. The van der Waals surface area contributed by atoms with Crippen LogP contribution in [0, 0.1) is 5.92 Å². The SMILES string of the molecule is CC(C)C(O)CC(=O)NCc1ccc(-n2cnc3ccccc32)cc1. The Kier molecular flexibility index (Phi) is 5.14. The third kappa shape index (κ3) is 4.06. The Morgan fingerprint density at radius 1 is 1.16 bits per heavy atom. The number of benzene rings is 2. The number of hydrogen-bond acceptors (Lipinski definition) is 3. The van der Waals surface area contributed by atoms with Gasteiger partial charge in [0.15, 0.2) is 0 Å². The number of fused-ring (bicyclic) bond motifs is 1. The van der Waals surface area contributed by atoms with E-state index in [9.17, 15) is 9.90 Å². The molecule has 0 saturated carbocycles. The van der Waals surface area contributed by atoms with Gasteiger partial charge in [0.25, 0.3) is 0 Å². The molecule has 0 aliphatic carbocycles. The summed E-state index contributed by atoms with van der Waals surface area (Å²) in [5.74, 6) is -0.0547. The third-order valence-electron chi connectivity index (χ3n) is 4.32. The van der Waals surface area contributed by atoms with Gasteiger partial charge in [-0.05, 0) is 35.7 Å². The van der Waals surface area contributed by atoms with Crippen LogP contribution in [-0.2, 0) is 11.3 Å². The van der Waals surface area contributed by atoms with Crippen LogP contribution in [0.2, 0.25) is 0 Å². The van der Waals surface area contributed by atoms with Crippen LogP contribution in [0.5, 0.6) is 0 Å².